The summed E-state index contributed by atoms with van der Waals surface area (Å²) in [4.78, 5) is 41.5. The van der Waals surface area contributed by atoms with E-state index in [0.717, 1.165) is 39.8 Å². The van der Waals surface area contributed by atoms with Gasteiger partial charge in [0.25, 0.3) is 5.56 Å². The first-order valence-corrected chi connectivity index (χ1v) is 12.3. The summed E-state index contributed by atoms with van der Waals surface area (Å²) in [6.45, 7) is 0.245. The van der Waals surface area contributed by atoms with Crippen LogP contribution in [-0.2, 0) is 22.6 Å². The molecule has 1 aromatic heterocycles. The van der Waals surface area contributed by atoms with E-state index in [-0.39, 0.29) is 23.9 Å². The second-order valence-electron chi connectivity index (χ2n) is 8.89. The molecule has 6 rings (SSSR count). The van der Waals surface area contributed by atoms with Crippen LogP contribution in [0.3, 0.4) is 0 Å². The van der Waals surface area contributed by atoms with E-state index in [2.05, 4.69) is 33.6 Å². The Morgan fingerprint density at radius 3 is 2.56 bits per heavy atom. The van der Waals surface area contributed by atoms with Crippen molar-refractivity contribution in [2.24, 2.45) is 0 Å². The van der Waals surface area contributed by atoms with Crippen LogP contribution in [0.25, 0.3) is 10.8 Å². The van der Waals surface area contributed by atoms with Gasteiger partial charge < -0.3 is 20.9 Å². The van der Waals surface area contributed by atoms with Crippen molar-refractivity contribution in [3.63, 3.8) is 0 Å². The van der Waals surface area contributed by atoms with Crippen LogP contribution in [0.5, 0.6) is 0 Å². The molecular weight excluding hydrogens is 472 g/mol. The fraction of sp³-hybridized carbons (Fsp3) is 0.179. The zero-order valence-electron chi connectivity index (χ0n) is 19.5. The molecule has 4 bridgehead atoms. The molecule has 0 fully saturated rings. The number of nitrogens with one attached hydrogen (secondary N) is 4. The molecule has 2 amide bonds. The number of aryl methyl sites for hydroxylation is 1. The molecule has 4 aromatic rings. The number of rotatable bonds is 2. The highest BCUT2D eigenvalue weighted by Gasteiger charge is 2.21. The number of hydrogen-bond donors (Lipinski definition) is 5. The van der Waals surface area contributed by atoms with Crippen LogP contribution in [0.15, 0.2) is 82.6 Å². The number of aromatic nitrogens is 1. The van der Waals surface area contributed by atoms with Gasteiger partial charge in [0.1, 0.15) is 6.04 Å². The Balaban J connectivity index is 1.48. The first-order chi connectivity index (χ1) is 17.5. The Kier molecular flexibility index (Phi) is 6.77. The lowest BCUT2D eigenvalue weighted by molar-refractivity contribution is -0.122. The number of fused-ring (bicyclic) bond motifs is 10. The summed E-state index contributed by atoms with van der Waals surface area (Å²) in [6, 6.07) is 19.9. The second kappa shape index (κ2) is 10.3. The molecule has 0 unspecified atom stereocenters. The van der Waals surface area contributed by atoms with Gasteiger partial charge in [-0.15, -0.1) is 12.6 Å². The molecule has 0 saturated heterocycles. The molecule has 2 aliphatic heterocycles. The van der Waals surface area contributed by atoms with Gasteiger partial charge in [0, 0.05) is 40.8 Å². The van der Waals surface area contributed by atoms with Gasteiger partial charge in [-0.25, -0.2) is 0 Å². The number of H-pyrrole nitrogens is 1. The Hall–Kier alpha value is -4.04. The Morgan fingerprint density at radius 2 is 1.72 bits per heavy atom. The average Bonchev–Trinajstić information content (AvgIpc) is 2.88. The summed E-state index contributed by atoms with van der Waals surface area (Å²) in [5.41, 5.74) is 3.84. The van der Waals surface area contributed by atoms with Gasteiger partial charge in [-0.05, 0) is 71.3 Å². The highest BCUT2D eigenvalue weighted by molar-refractivity contribution is 7.80. The molecule has 36 heavy (non-hydrogen) atoms. The Bertz CT molecular complexity index is 1500. The zero-order valence-corrected chi connectivity index (χ0v) is 20.4. The van der Waals surface area contributed by atoms with Gasteiger partial charge >= 0.3 is 0 Å². The summed E-state index contributed by atoms with van der Waals surface area (Å²) in [5, 5.41) is 10.6. The smallest absolute Gasteiger partial charge is 0.255 e. The number of anilines is 2. The average molecular weight is 499 g/mol. The van der Waals surface area contributed by atoms with E-state index in [9.17, 15) is 14.4 Å². The standard InChI is InChI=1S/C28H26N4O3S/c33-25-3-1-2-17-4-6-19(7-5-17)26(28(35)30-16-20-14-21(31-25)10-11-24(20)36)32-22-9-8-18-12-13-29-27(34)23(18)15-22/h4-15,26,32,36H,1-3,16H2,(H,29,34)(H,30,35)(H,31,33)/t26-/m1/s1. The van der Waals surface area contributed by atoms with Crippen molar-refractivity contribution in [1.29, 1.82) is 0 Å². The van der Waals surface area contributed by atoms with Gasteiger partial charge in [-0.3, -0.25) is 14.4 Å². The maximum absolute atomic E-state index is 13.5. The predicted molar refractivity (Wildman–Crippen MR) is 144 cm³/mol. The van der Waals surface area contributed by atoms with E-state index >= 15 is 0 Å². The molecule has 1 atom stereocenters. The number of benzene rings is 3. The van der Waals surface area contributed by atoms with Gasteiger partial charge in [-0.1, -0.05) is 30.3 Å². The van der Waals surface area contributed by atoms with Gasteiger partial charge in [0.2, 0.25) is 11.8 Å². The molecule has 7 nitrogen and oxygen atoms in total. The van der Waals surface area contributed by atoms with E-state index in [0.29, 0.717) is 23.2 Å². The van der Waals surface area contributed by atoms with Crippen LogP contribution in [0.2, 0.25) is 0 Å². The highest BCUT2D eigenvalue weighted by atomic mass is 32.1. The van der Waals surface area contributed by atoms with Crippen LogP contribution in [-0.4, -0.2) is 16.8 Å². The third-order valence-electron chi connectivity index (χ3n) is 6.35. The number of carbonyl (C=O) groups excluding carboxylic acids is 2. The van der Waals surface area contributed by atoms with Gasteiger partial charge in [0.15, 0.2) is 0 Å². The molecule has 0 radical (unpaired) electrons. The van der Waals surface area contributed by atoms with Crippen molar-refractivity contribution < 1.29 is 9.59 Å². The molecule has 2 aliphatic rings. The summed E-state index contributed by atoms with van der Waals surface area (Å²) < 4.78 is 0. The van der Waals surface area contributed by atoms with Crippen LogP contribution < -0.4 is 21.5 Å². The lowest BCUT2D eigenvalue weighted by Gasteiger charge is -2.21. The molecule has 0 spiro atoms. The third-order valence-corrected chi connectivity index (χ3v) is 6.78. The van der Waals surface area contributed by atoms with E-state index in [1.807, 2.05) is 54.6 Å². The molecular formula is C28H26N4O3S. The van der Waals surface area contributed by atoms with Crippen molar-refractivity contribution in [2.45, 2.75) is 36.7 Å². The maximum atomic E-state index is 13.5. The van der Waals surface area contributed by atoms with Crippen LogP contribution >= 0.6 is 12.6 Å². The molecule has 3 aromatic carbocycles. The zero-order chi connectivity index (χ0) is 25.1. The summed E-state index contributed by atoms with van der Waals surface area (Å²) in [6.07, 6.45) is 3.51. The third kappa shape index (κ3) is 5.28. The van der Waals surface area contributed by atoms with Crippen molar-refractivity contribution in [3.05, 3.63) is 100.0 Å². The van der Waals surface area contributed by atoms with Crippen molar-refractivity contribution in [3.8, 4) is 0 Å². The highest BCUT2D eigenvalue weighted by Crippen LogP contribution is 2.25. The summed E-state index contributed by atoms with van der Waals surface area (Å²) in [7, 11) is 0. The number of pyridine rings is 1. The fourth-order valence-electron chi connectivity index (χ4n) is 4.38. The first kappa shape index (κ1) is 23.7. The normalized spacial score (nSPS) is 16.4. The minimum Gasteiger partial charge on any atom is -0.370 e. The second-order valence-corrected chi connectivity index (χ2v) is 9.37. The van der Waals surface area contributed by atoms with E-state index in [1.54, 1.807) is 18.3 Å². The molecule has 3 heterocycles. The topological polar surface area (TPSA) is 103 Å². The lowest BCUT2D eigenvalue weighted by Crippen LogP contribution is -2.33. The van der Waals surface area contributed by atoms with Crippen molar-refractivity contribution in [2.75, 3.05) is 10.6 Å². The van der Waals surface area contributed by atoms with Crippen molar-refractivity contribution >= 4 is 46.6 Å². The van der Waals surface area contributed by atoms with Crippen LogP contribution in [0, 0.1) is 0 Å². The van der Waals surface area contributed by atoms with Gasteiger partial charge in [-0.2, -0.15) is 0 Å². The van der Waals surface area contributed by atoms with Crippen LogP contribution in [0.1, 0.15) is 35.6 Å². The Morgan fingerprint density at radius 1 is 0.889 bits per heavy atom. The van der Waals surface area contributed by atoms with Crippen molar-refractivity contribution in [1.82, 2.24) is 10.3 Å². The van der Waals surface area contributed by atoms with E-state index in [4.69, 9.17) is 0 Å². The minimum absolute atomic E-state index is 0.0425. The summed E-state index contributed by atoms with van der Waals surface area (Å²) >= 11 is 4.52. The molecule has 0 aliphatic carbocycles. The number of thiol groups is 1. The predicted octanol–water partition coefficient (Wildman–Crippen LogP) is 4.56. The molecule has 0 saturated carbocycles. The quantitative estimate of drug-likeness (QED) is 0.262. The maximum Gasteiger partial charge on any atom is 0.255 e. The Labute approximate surface area is 213 Å². The van der Waals surface area contributed by atoms with Gasteiger partial charge in [0.05, 0.1) is 0 Å². The van der Waals surface area contributed by atoms with Crippen LogP contribution in [0.4, 0.5) is 11.4 Å². The minimum atomic E-state index is -0.682. The molecule has 8 heteroatoms. The molecule has 182 valence electrons. The fourth-order valence-corrected chi connectivity index (χ4v) is 4.60. The number of amides is 2. The van der Waals surface area contributed by atoms with E-state index in [1.165, 1.54) is 0 Å². The monoisotopic (exact) mass is 498 g/mol. The lowest BCUT2D eigenvalue weighted by atomic mass is 10.0. The number of hydrogen-bond acceptors (Lipinski definition) is 5. The van der Waals surface area contributed by atoms with E-state index < -0.39 is 6.04 Å². The number of carbonyl (C=O) groups is 2. The molecule has 4 N–H and O–H groups in total. The largest absolute Gasteiger partial charge is 0.370 e. The SMILES string of the molecule is O=C1CCCc2ccc(cc2)[C@@H](Nc2ccc3cc[nH]c(=O)c3c2)C(=O)NCc2cc(ccc2S)N1. The summed E-state index contributed by atoms with van der Waals surface area (Å²) in [5.74, 6) is -0.266. The first-order valence-electron chi connectivity index (χ1n) is 11.8. The number of aromatic amines is 1.